The van der Waals surface area contributed by atoms with Crippen molar-refractivity contribution in [1.29, 1.82) is 0 Å². The van der Waals surface area contributed by atoms with Gasteiger partial charge in [-0.2, -0.15) is 13.2 Å². The molecule has 1 aliphatic rings. The Bertz CT molecular complexity index is 1300. The molecule has 0 saturated carbocycles. The highest BCUT2D eigenvalue weighted by Crippen LogP contribution is 2.31. The predicted molar refractivity (Wildman–Crippen MR) is 140 cm³/mol. The van der Waals surface area contributed by atoms with Crippen molar-refractivity contribution in [3.8, 4) is 11.5 Å². The Hall–Kier alpha value is -4.01. The van der Waals surface area contributed by atoms with Gasteiger partial charge in [0.05, 0.1) is 38.8 Å². The number of halogens is 3. The van der Waals surface area contributed by atoms with Crippen molar-refractivity contribution in [2.75, 3.05) is 27.3 Å². The molecule has 206 valence electrons. The summed E-state index contributed by atoms with van der Waals surface area (Å²) < 4.78 is 50.4. The zero-order valence-electron chi connectivity index (χ0n) is 21.9. The number of nitrogens with zero attached hydrogens (tertiary/aromatic N) is 2. The zero-order valence-corrected chi connectivity index (χ0v) is 21.9. The van der Waals surface area contributed by atoms with Crippen molar-refractivity contribution < 1.29 is 32.2 Å². The van der Waals surface area contributed by atoms with Crippen LogP contribution in [0.15, 0.2) is 72.8 Å². The normalized spacial score (nSPS) is 15.8. The van der Waals surface area contributed by atoms with E-state index < -0.39 is 11.7 Å². The summed E-state index contributed by atoms with van der Waals surface area (Å²) >= 11 is 0. The fourth-order valence-corrected chi connectivity index (χ4v) is 4.83. The molecule has 1 unspecified atom stereocenters. The third kappa shape index (κ3) is 7.10. The third-order valence-electron chi connectivity index (χ3n) is 6.89. The zero-order chi connectivity index (χ0) is 28.0. The van der Waals surface area contributed by atoms with E-state index in [1.165, 1.54) is 25.2 Å². The number of amides is 2. The van der Waals surface area contributed by atoms with Gasteiger partial charge >= 0.3 is 6.18 Å². The molecule has 39 heavy (non-hydrogen) atoms. The van der Waals surface area contributed by atoms with Gasteiger partial charge in [0.15, 0.2) is 11.5 Å². The highest BCUT2D eigenvalue weighted by atomic mass is 19.4. The van der Waals surface area contributed by atoms with Crippen molar-refractivity contribution in [3.63, 3.8) is 0 Å². The van der Waals surface area contributed by atoms with Gasteiger partial charge in [-0.3, -0.25) is 9.59 Å². The first-order valence-electron chi connectivity index (χ1n) is 12.7. The minimum absolute atomic E-state index is 0.0416. The van der Waals surface area contributed by atoms with E-state index in [0.29, 0.717) is 36.4 Å². The molecule has 1 heterocycles. The first kappa shape index (κ1) is 28.0. The number of alkyl halides is 3. The Balaban J connectivity index is 1.52. The quantitative estimate of drug-likeness (QED) is 0.377. The molecule has 0 aliphatic carbocycles. The summed E-state index contributed by atoms with van der Waals surface area (Å²) in [5.41, 5.74) is 1.44. The van der Waals surface area contributed by atoms with Crippen LogP contribution in [0.1, 0.15) is 28.7 Å². The highest BCUT2D eigenvalue weighted by molar-refractivity contribution is 5.87. The van der Waals surface area contributed by atoms with E-state index in [4.69, 9.17) is 9.47 Å². The number of hydrogen-bond acceptors (Lipinski definition) is 4. The van der Waals surface area contributed by atoms with E-state index in [1.807, 2.05) is 30.3 Å². The SMILES string of the molecule is COc1ccc(CC(=O)N2CC(=O)N(Cc3cccc(C(F)(F)F)c3)C(CCc3ccccc3)C2)cc1OC. The number of piperazine rings is 1. The fraction of sp³-hybridized carbons (Fsp3) is 0.333. The van der Waals surface area contributed by atoms with Gasteiger partial charge in [-0.25, -0.2) is 0 Å². The molecular weight excluding hydrogens is 509 g/mol. The first-order valence-corrected chi connectivity index (χ1v) is 12.7. The second kappa shape index (κ2) is 12.2. The molecule has 9 heteroatoms. The van der Waals surface area contributed by atoms with Crippen molar-refractivity contribution in [2.45, 2.75) is 38.0 Å². The third-order valence-corrected chi connectivity index (χ3v) is 6.89. The van der Waals surface area contributed by atoms with Gasteiger partial charge in [0.25, 0.3) is 0 Å². The number of hydrogen-bond donors (Lipinski definition) is 0. The van der Waals surface area contributed by atoms with Gasteiger partial charge in [-0.15, -0.1) is 0 Å². The second-order valence-electron chi connectivity index (χ2n) is 9.54. The lowest BCUT2D eigenvalue weighted by molar-refractivity contribution is -0.149. The van der Waals surface area contributed by atoms with Gasteiger partial charge in [0.1, 0.15) is 0 Å². The number of ether oxygens (including phenoxy) is 2. The summed E-state index contributed by atoms with van der Waals surface area (Å²) in [5, 5.41) is 0. The Morgan fingerprint density at radius 1 is 0.897 bits per heavy atom. The summed E-state index contributed by atoms with van der Waals surface area (Å²) in [6, 6.07) is 19.7. The topological polar surface area (TPSA) is 59.1 Å². The summed E-state index contributed by atoms with van der Waals surface area (Å²) in [7, 11) is 3.05. The maximum absolute atomic E-state index is 13.3. The van der Waals surface area contributed by atoms with Gasteiger partial charge in [-0.1, -0.05) is 48.5 Å². The van der Waals surface area contributed by atoms with Crippen LogP contribution < -0.4 is 9.47 Å². The smallest absolute Gasteiger partial charge is 0.416 e. The van der Waals surface area contributed by atoms with Gasteiger partial charge in [0, 0.05) is 13.1 Å². The lowest BCUT2D eigenvalue weighted by atomic mass is 9.99. The fourth-order valence-electron chi connectivity index (χ4n) is 4.83. The molecule has 1 atom stereocenters. The largest absolute Gasteiger partial charge is 0.493 e. The van der Waals surface area contributed by atoms with Gasteiger partial charge in [0.2, 0.25) is 11.8 Å². The average Bonchev–Trinajstić information content (AvgIpc) is 2.93. The Morgan fingerprint density at radius 2 is 1.62 bits per heavy atom. The Morgan fingerprint density at radius 3 is 2.31 bits per heavy atom. The molecule has 2 amide bonds. The molecule has 6 nitrogen and oxygen atoms in total. The Kier molecular flexibility index (Phi) is 8.79. The van der Waals surface area contributed by atoms with Crippen molar-refractivity contribution in [1.82, 2.24) is 9.80 Å². The summed E-state index contributed by atoms with van der Waals surface area (Å²) in [6.07, 6.45) is -3.17. The molecule has 0 N–H and O–H groups in total. The van der Waals surface area contributed by atoms with Gasteiger partial charge < -0.3 is 19.3 Å². The molecule has 3 aromatic carbocycles. The van der Waals surface area contributed by atoms with E-state index >= 15 is 0 Å². The number of benzene rings is 3. The minimum Gasteiger partial charge on any atom is -0.493 e. The number of methoxy groups -OCH3 is 2. The van der Waals surface area contributed by atoms with Gasteiger partial charge in [-0.05, 0) is 53.8 Å². The van der Waals surface area contributed by atoms with Crippen molar-refractivity contribution in [2.24, 2.45) is 0 Å². The Labute approximate surface area is 225 Å². The maximum atomic E-state index is 13.3. The van der Waals surface area contributed by atoms with Crippen molar-refractivity contribution in [3.05, 3.63) is 95.1 Å². The van der Waals surface area contributed by atoms with E-state index in [-0.39, 0.29) is 37.4 Å². The van der Waals surface area contributed by atoms with Crippen LogP contribution in [-0.4, -0.2) is 55.0 Å². The number of aryl methyl sites for hydroxylation is 1. The number of carbonyl (C=O) groups excluding carboxylic acids is 2. The van der Waals surface area contributed by atoms with E-state index in [0.717, 1.165) is 23.3 Å². The van der Waals surface area contributed by atoms with Crippen LogP contribution >= 0.6 is 0 Å². The van der Waals surface area contributed by atoms with Crippen LogP contribution in [0.2, 0.25) is 0 Å². The highest BCUT2D eigenvalue weighted by Gasteiger charge is 2.35. The van der Waals surface area contributed by atoms with Crippen LogP contribution in [-0.2, 0) is 35.2 Å². The maximum Gasteiger partial charge on any atom is 0.416 e. The van der Waals surface area contributed by atoms with E-state index in [2.05, 4.69) is 0 Å². The molecule has 4 rings (SSSR count). The first-order chi connectivity index (χ1) is 18.7. The van der Waals surface area contributed by atoms with Crippen molar-refractivity contribution >= 4 is 11.8 Å². The summed E-state index contributed by atoms with van der Waals surface area (Å²) in [5.74, 6) is 0.551. The molecule has 0 aromatic heterocycles. The van der Waals surface area contributed by atoms with Crippen LogP contribution in [0, 0.1) is 0 Å². The van der Waals surface area contributed by atoms with E-state index in [1.54, 1.807) is 29.2 Å². The molecular formula is C30H31F3N2O4. The standard InChI is InChI=1S/C30H31F3N2O4/c1-38-26-14-12-22(16-27(26)39-2)17-28(36)34-19-25(13-11-21-7-4-3-5-8-21)35(29(37)20-34)18-23-9-6-10-24(15-23)30(31,32)33/h3-10,12,14-16,25H,11,13,17-20H2,1-2H3. The molecule has 3 aromatic rings. The molecule has 0 bridgehead atoms. The van der Waals surface area contributed by atoms with Crippen LogP contribution in [0.3, 0.4) is 0 Å². The van der Waals surface area contributed by atoms with Crippen LogP contribution in [0.25, 0.3) is 0 Å². The molecule has 0 spiro atoms. The molecule has 1 aliphatic heterocycles. The second-order valence-corrected chi connectivity index (χ2v) is 9.54. The lowest BCUT2D eigenvalue weighted by Gasteiger charge is -2.41. The number of carbonyl (C=O) groups is 2. The number of rotatable bonds is 9. The van der Waals surface area contributed by atoms with E-state index in [9.17, 15) is 22.8 Å². The predicted octanol–water partition coefficient (Wildman–Crippen LogP) is 5.14. The molecule has 1 fully saturated rings. The molecule has 1 saturated heterocycles. The average molecular weight is 541 g/mol. The monoisotopic (exact) mass is 540 g/mol. The summed E-state index contributed by atoms with van der Waals surface area (Å²) in [6.45, 7) is 0.205. The summed E-state index contributed by atoms with van der Waals surface area (Å²) in [4.78, 5) is 29.7. The van der Waals surface area contributed by atoms with Crippen LogP contribution in [0.4, 0.5) is 13.2 Å². The molecule has 0 radical (unpaired) electrons. The van der Waals surface area contributed by atoms with Crippen LogP contribution in [0.5, 0.6) is 11.5 Å². The lowest BCUT2D eigenvalue weighted by Crippen LogP contribution is -2.57. The minimum atomic E-state index is -4.47.